The molecule has 2 aromatic rings. The van der Waals surface area contributed by atoms with E-state index in [1.807, 2.05) is 36.4 Å². The van der Waals surface area contributed by atoms with E-state index in [1.165, 1.54) is 6.07 Å². The fourth-order valence-electron chi connectivity index (χ4n) is 4.31. The van der Waals surface area contributed by atoms with Crippen molar-refractivity contribution in [2.45, 2.75) is 31.7 Å². The van der Waals surface area contributed by atoms with Gasteiger partial charge in [-0.2, -0.15) is 0 Å². The Hall–Kier alpha value is -2.20. The Morgan fingerprint density at radius 3 is 2.54 bits per heavy atom. The number of carbonyl (C=O) groups excluding carboxylic acids is 1. The zero-order chi connectivity index (χ0) is 18.0. The molecule has 2 aliphatic rings. The van der Waals surface area contributed by atoms with Crippen LogP contribution in [0, 0.1) is 17.2 Å². The normalized spacial score (nSPS) is 22.0. The lowest BCUT2D eigenvalue weighted by Crippen LogP contribution is -2.36. The molecule has 2 aromatic carbocycles. The van der Waals surface area contributed by atoms with Crippen molar-refractivity contribution in [2.24, 2.45) is 11.3 Å². The third-order valence-corrected chi connectivity index (χ3v) is 5.99. The topological polar surface area (TPSA) is 41.1 Å². The van der Waals surface area contributed by atoms with Crippen LogP contribution >= 0.6 is 0 Å². The molecular formula is C22H25FN2O. The van der Waals surface area contributed by atoms with Crippen molar-refractivity contribution in [1.29, 1.82) is 0 Å². The molecule has 0 bridgehead atoms. The van der Waals surface area contributed by atoms with Gasteiger partial charge in [-0.1, -0.05) is 48.5 Å². The maximum atomic E-state index is 14.4. The molecule has 4 rings (SSSR count). The Kier molecular flexibility index (Phi) is 4.77. The highest BCUT2D eigenvalue weighted by molar-refractivity contribution is 5.83. The highest BCUT2D eigenvalue weighted by atomic mass is 19.1. The third-order valence-electron chi connectivity index (χ3n) is 5.99. The van der Waals surface area contributed by atoms with E-state index in [1.54, 1.807) is 12.1 Å². The molecule has 4 heteroatoms. The Bertz CT molecular complexity index is 771. The second-order valence-corrected chi connectivity index (χ2v) is 7.64. The van der Waals surface area contributed by atoms with Crippen molar-refractivity contribution >= 4 is 5.91 Å². The predicted octanol–water partition coefficient (Wildman–Crippen LogP) is 3.62. The molecule has 1 amide bonds. The van der Waals surface area contributed by atoms with E-state index >= 15 is 0 Å². The van der Waals surface area contributed by atoms with Crippen molar-refractivity contribution in [3.8, 4) is 0 Å². The summed E-state index contributed by atoms with van der Waals surface area (Å²) in [6.45, 7) is 1.98. The molecule has 26 heavy (non-hydrogen) atoms. The van der Waals surface area contributed by atoms with Crippen molar-refractivity contribution < 1.29 is 9.18 Å². The number of halogens is 1. The first-order valence-electron chi connectivity index (χ1n) is 9.47. The van der Waals surface area contributed by atoms with E-state index in [9.17, 15) is 9.18 Å². The highest BCUT2D eigenvalue weighted by Crippen LogP contribution is 2.58. The number of benzene rings is 2. The molecule has 1 spiro atoms. The smallest absolute Gasteiger partial charge is 0.224 e. The van der Waals surface area contributed by atoms with E-state index in [-0.39, 0.29) is 29.1 Å². The lowest BCUT2D eigenvalue weighted by molar-refractivity contribution is -0.124. The molecular weight excluding hydrogens is 327 g/mol. The van der Waals surface area contributed by atoms with Crippen LogP contribution in [-0.2, 0) is 11.2 Å². The fourth-order valence-corrected chi connectivity index (χ4v) is 4.31. The van der Waals surface area contributed by atoms with E-state index in [0.717, 1.165) is 37.9 Å². The first-order chi connectivity index (χ1) is 12.7. The van der Waals surface area contributed by atoms with Gasteiger partial charge in [-0.05, 0) is 55.8 Å². The van der Waals surface area contributed by atoms with Crippen LogP contribution in [0.4, 0.5) is 4.39 Å². The van der Waals surface area contributed by atoms with Crippen LogP contribution in [0.5, 0.6) is 0 Å². The fraction of sp³-hybridized carbons (Fsp3) is 0.409. The van der Waals surface area contributed by atoms with Crippen LogP contribution < -0.4 is 10.6 Å². The molecule has 1 aliphatic heterocycles. The molecule has 2 N–H and O–H groups in total. The van der Waals surface area contributed by atoms with Gasteiger partial charge >= 0.3 is 0 Å². The maximum absolute atomic E-state index is 14.4. The van der Waals surface area contributed by atoms with Gasteiger partial charge < -0.3 is 10.6 Å². The zero-order valence-corrected chi connectivity index (χ0v) is 14.9. The Labute approximate surface area is 154 Å². The standard InChI is InChI=1S/C22H25FN2O/c23-19-9-5-4-8-17(19)20(14-16-6-2-1-3-7-16)25-21(26)18-15-22(18)10-12-24-13-11-22/h1-9,18,20,24H,10-15H2,(H,25,26). The molecule has 0 radical (unpaired) electrons. The van der Waals surface area contributed by atoms with Crippen molar-refractivity contribution in [2.75, 3.05) is 13.1 Å². The predicted molar refractivity (Wildman–Crippen MR) is 100 cm³/mol. The minimum atomic E-state index is -0.342. The second-order valence-electron chi connectivity index (χ2n) is 7.64. The third kappa shape index (κ3) is 3.51. The number of carbonyl (C=O) groups is 1. The van der Waals surface area contributed by atoms with Crippen LogP contribution in [0.15, 0.2) is 54.6 Å². The monoisotopic (exact) mass is 352 g/mol. The van der Waals surface area contributed by atoms with Gasteiger partial charge in [-0.25, -0.2) is 4.39 Å². The van der Waals surface area contributed by atoms with Crippen LogP contribution in [-0.4, -0.2) is 19.0 Å². The second kappa shape index (κ2) is 7.20. The lowest BCUT2D eigenvalue weighted by atomic mass is 9.91. The first-order valence-corrected chi connectivity index (χ1v) is 9.47. The summed E-state index contributed by atoms with van der Waals surface area (Å²) in [7, 11) is 0. The minimum absolute atomic E-state index is 0.0784. The van der Waals surface area contributed by atoms with Gasteiger partial charge in [-0.3, -0.25) is 4.79 Å². The van der Waals surface area contributed by atoms with Gasteiger partial charge in [0.2, 0.25) is 5.91 Å². The molecule has 1 heterocycles. The average molecular weight is 352 g/mol. The molecule has 1 saturated carbocycles. The molecule has 0 aromatic heterocycles. The van der Waals surface area contributed by atoms with Crippen molar-refractivity contribution in [3.63, 3.8) is 0 Å². The summed E-state index contributed by atoms with van der Waals surface area (Å²) in [5.41, 5.74) is 1.83. The van der Waals surface area contributed by atoms with Gasteiger partial charge in [-0.15, -0.1) is 0 Å². The number of hydrogen-bond acceptors (Lipinski definition) is 2. The van der Waals surface area contributed by atoms with E-state index < -0.39 is 0 Å². The number of nitrogens with one attached hydrogen (secondary N) is 2. The summed E-state index contributed by atoms with van der Waals surface area (Å²) in [6.07, 6.45) is 3.69. The molecule has 1 saturated heterocycles. The maximum Gasteiger partial charge on any atom is 0.224 e. The van der Waals surface area contributed by atoms with E-state index in [2.05, 4.69) is 10.6 Å². The van der Waals surface area contributed by atoms with Crippen molar-refractivity contribution in [3.05, 3.63) is 71.5 Å². The van der Waals surface area contributed by atoms with E-state index in [0.29, 0.717) is 12.0 Å². The summed E-state index contributed by atoms with van der Waals surface area (Å²) in [6, 6.07) is 16.4. The van der Waals surface area contributed by atoms with Gasteiger partial charge in [0.05, 0.1) is 6.04 Å². The molecule has 2 atom stereocenters. The summed E-state index contributed by atoms with van der Waals surface area (Å²) >= 11 is 0. The first kappa shape index (κ1) is 17.2. The molecule has 2 fully saturated rings. The number of hydrogen-bond donors (Lipinski definition) is 2. The number of amides is 1. The molecule has 1 aliphatic carbocycles. The van der Waals surface area contributed by atoms with Gasteiger partial charge in [0.25, 0.3) is 0 Å². The number of rotatable bonds is 5. The van der Waals surface area contributed by atoms with Gasteiger partial charge in [0.1, 0.15) is 5.82 Å². The Morgan fingerprint density at radius 1 is 1.12 bits per heavy atom. The zero-order valence-electron chi connectivity index (χ0n) is 14.9. The minimum Gasteiger partial charge on any atom is -0.349 e. The Balaban J connectivity index is 1.52. The van der Waals surface area contributed by atoms with Crippen LogP contribution in [0.1, 0.15) is 36.4 Å². The summed E-state index contributed by atoms with van der Waals surface area (Å²) in [5, 5.41) is 6.52. The van der Waals surface area contributed by atoms with E-state index in [4.69, 9.17) is 0 Å². The van der Waals surface area contributed by atoms with Crippen LogP contribution in [0.3, 0.4) is 0 Å². The quantitative estimate of drug-likeness (QED) is 0.863. The van der Waals surface area contributed by atoms with Crippen LogP contribution in [0.25, 0.3) is 0 Å². The number of piperidine rings is 1. The molecule has 3 nitrogen and oxygen atoms in total. The Morgan fingerprint density at radius 2 is 1.81 bits per heavy atom. The van der Waals surface area contributed by atoms with Crippen LogP contribution in [0.2, 0.25) is 0 Å². The van der Waals surface area contributed by atoms with Gasteiger partial charge in [0.15, 0.2) is 0 Å². The summed E-state index contributed by atoms with van der Waals surface area (Å²) < 4.78 is 14.4. The lowest BCUT2D eigenvalue weighted by Gasteiger charge is -2.25. The SMILES string of the molecule is O=C(NC(Cc1ccccc1)c1ccccc1F)C1CC12CCNCC2. The summed E-state index contributed by atoms with van der Waals surface area (Å²) in [5.74, 6) is -0.105. The molecule has 2 unspecified atom stereocenters. The van der Waals surface area contributed by atoms with Gasteiger partial charge in [0, 0.05) is 11.5 Å². The largest absolute Gasteiger partial charge is 0.349 e. The van der Waals surface area contributed by atoms with Crippen molar-refractivity contribution in [1.82, 2.24) is 10.6 Å². The summed E-state index contributed by atoms with van der Waals surface area (Å²) in [4.78, 5) is 12.9. The highest BCUT2D eigenvalue weighted by Gasteiger charge is 2.57. The average Bonchev–Trinajstić information content (AvgIpc) is 3.36. The molecule has 136 valence electrons.